The first-order chi connectivity index (χ1) is 10.7. The van der Waals surface area contributed by atoms with Gasteiger partial charge in [0.1, 0.15) is 5.75 Å². The molecule has 2 rings (SSSR count). The Bertz CT molecular complexity index is 793. The van der Waals surface area contributed by atoms with E-state index in [0.717, 1.165) is 0 Å². The van der Waals surface area contributed by atoms with Gasteiger partial charge in [0, 0.05) is 11.1 Å². The van der Waals surface area contributed by atoms with Crippen molar-refractivity contribution in [2.45, 2.75) is 0 Å². The number of carbonyl (C=O) groups excluding carboxylic acids is 1. The van der Waals surface area contributed by atoms with Crippen molar-refractivity contribution in [3.63, 3.8) is 0 Å². The largest absolute Gasteiger partial charge is 1.00 e. The van der Waals surface area contributed by atoms with E-state index in [4.69, 9.17) is 9.79 Å². The van der Waals surface area contributed by atoms with Gasteiger partial charge in [0.15, 0.2) is 5.78 Å². The van der Waals surface area contributed by atoms with Crippen LogP contribution < -0.4 is 34.1 Å². The Morgan fingerprint density at radius 1 is 0.875 bits per heavy atom. The smallest absolute Gasteiger partial charge is 1.00 e. The molecule has 0 amide bonds. The van der Waals surface area contributed by atoms with E-state index in [-0.39, 0.29) is 42.5 Å². The number of hydrogen-bond acceptors (Lipinski definition) is 5. The summed E-state index contributed by atoms with van der Waals surface area (Å²) in [6.45, 7) is 0. The maximum absolute atomic E-state index is 12.2. The molecule has 0 aliphatic rings. The van der Waals surface area contributed by atoms with Gasteiger partial charge in [0.05, 0.1) is 0 Å². The van der Waals surface area contributed by atoms with Crippen LogP contribution >= 0.6 is 15.6 Å². The maximum Gasteiger partial charge on any atom is 1.00 e. The predicted octanol–water partition coefficient (Wildman–Crippen LogP) is -0.377. The molecule has 0 radical (unpaired) electrons. The zero-order valence-corrected chi connectivity index (χ0v) is 16.3. The van der Waals surface area contributed by atoms with E-state index < -0.39 is 15.6 Å². The van der Waals surface area contributed by atoms with Gasteiger partial charge in [-0.1, -0.05) is 30.3 Å². The third-order valence-electron chi connectivity index (χ3n) is 2.58. The molecular formula is C13H13NaO8P2. The minimum absolute atomic E-state index is 0. The molecule has 0 saturated carbocycles. The fourth-order valence-electron chi connectivity index (χ4n) is 1.71. The van der Waals surface area contributed by atoms with Gasteiger partial charge in [-0.05, 0) is 24.3 Å². The fourth-order valence-corrected chi connectivity index (χ4v) is 3.30. The van der Waals surface area contributed by atoms with Gasteiger partial charge >= 0.3 is 45.2 Å². The molecule has 0 aliphatic carbocycles. The van der Waals surface area contributed by atoms with Crippen LogP contribution in [0.5, 0.6) is 5.75 Å². The Hall–Kier alpha value is -0.790. The number of hydrogen-bond donors (Lipinski definition) is 3. The van der Waals surface area contributed by atoms with Crippen LogP contribution in [0.15, 0.2) is 54.6 Å². The van der Waals surface area contributed by atoms with E-state index in [1.807, 2.05) is 0 Å². The second-order valence-corrected chi connectivity index (χ2v) is 7.11. The molecule has 0 bridgehead atoms. The molecule has 2 aromatic carbocycles. The first-order valence-corrected chi connectivity index (χ1v) is 9.18. The predicted molar refractivity (Wildman–Crippen MR) is 81.0 cm³/mol. The average Bonchev–Trinajstić information content (AvgIpc) is 2.45. The van der Waals surface area contributed by atoms with Crippen molar-refractivity contribution in [3.05, 3.63) is 65.7 Å². The number of phosphoric ester groups is 1. The summed E-state index contributed by atoms with van der Waals surface area (Å²) < 4.78 is 30.1. The normalized spacial score (nSPS) is 13.5. The van der Waals surface area contributed by atoms with E-state index in [1.165, 1.54) is 24.3 Å². The Balaban J connectivity index is 0.00000288. The van der Waals surface area contributed by atoms with Gasteiger partial charge in [-0.2, -0.15) is 4.31 Å². The van der Waals surface area contributed by atoms with Gasteiger partial charge in [-0.25, -0.2) is 9.13 Å². The molecular weight excluding hydrogens is 369 g/mol. The summed E-state index contributed by atoms with van der Waals surface area (Å²) in [4.78, 5) is 38.4. The summed E-state index contributed by atoms with van der Waals surface area (Å²) in [6, 6.07) is 13.6. The summed E-state index contributed by atoms with van der Waals surface area (Å²) in [5.41, 5.74) is 0.783. The van der Waals surface area contributed by atoms with Crippen LogP contribution in [0.3, 0.4) is 0 Å². The van der Waals surface area contributed by atoms with E-state index >= 15 is 0 Å². The van der Waals surface area contributed by atoms with Gasteiger partial charge in [0.2, 0.25) is 0 Å². The summed E-state index contributed by atoms with van der Waals surface area (Å²) in [5, 5.41) is 0. The molecule has 0 fully saturated rings. The van der Waals surface area contributed by atoms with Crippen molar-refractivity contribution in [2.24, 2.45) is 0 Å². The topological polar surface area (TPSA) is 130 Å². The van der Waals surface area contributed by atoms with Crippen molar-refractivity contribution in [1.82, 2.24) is 0 Å². The molecule has 3 N–H and O–H groups in total. The van der Waals surface area contributed by atoms with Crippen LogP contribution in [0, 0.1) is 0 Å². The molecule has 0 heterocycles. The summed E-state index contributed by atoms with van der Waals surface area (Å²) in [6.07, 6.45) is 0. The van der Waals surface area contributed by atoms with E-state index in [9.17, 15) is 18.8 Å². The van der Waals surface area contributed by atoms with Crippen LogP contribution in [-0.4, -0.2) is 20.5 Å². The van der Waals surface area contributed by atoms with Gasteiger partial charge < -0.3 is 15.7 Å². The second-order valence-electron chi connectivity index (χ2n) is 4.35. The molecule has 0 saturated heterocycles. The monoisotopic (exact) mass is 382 g/mol. The molecule has 11 heteroatoms. The molecule has 1 unspecified atom stereocenters. The minimum Gasteiger partial charge on any atom is -1.00 e. The van der Waals surface area contributed by atoms with Crippen LogP contribution in [0.1, 0.15) is 17.3 Å². The number of ketones is 1. The Morgan fingerprint density at radius 3 is 1.88 bits per heavy atom. The molecule has 1 atom stereocenters. The van der Waals surface area contributed by atoms with Crippen molar-refractivity contribution in [3.8, 4) is 5.75 Å². The van der Waals surface area contributed by atoms with Crippen LogP contribution in [0.4, 0.5) is 0 Å². The SMILES string of the molecule is O=C(c1ccccc1)c1ccc(OP(=O)(O)OP(=O)(O)O)cc1.[H-].[Na+]. The van der Waals surface area contributed by atoms with Gasteiger partial charge in [0.25, 0.3) is 0 Å². The number of benzene rings is 2. The molecule has 2 aromatic rings. The first kappa shape index (κ1) is 21.3. The Kier molecular flexibility index (Phi) is 7.56. The second kappa shape index (κ2) is 8.54. The van der Waals surface area contributed by atoms with Gasteiger partial charge in [-0.3, -0.25) is 9.69 Å². The van der Waals surface area contributed by atoms with Crippen molar-refractivity contribution < 1.29 is 68.4 Å². The fraction of sp³-hybridized carbons (Fsp3) is 0. The average molecular weight is 382 g/mol. The molecule has 124 valence electrons. The molecule has 24 heavy (non-hydrogen) atoms. The standard InChI is InChI=1S/C13H12O8P2.Na.H/c14-13(10-4-2-1-3-5-10)11-6-8-12(9-7-11)20-23(18,19)21-22(15,16)17;;/h1-9H,(H,18,19)(H2,15,16,17);;/q;+1;-1. The zero-order valence-electron chi connectivity index (χ0n) is 13.5. The Morgan fingerprint density at radius 2 is 1.38 bits per heavy atom. The van der Waals surface area contributed by atoms with Crippen LogP contribution in [-0.2, 0) is 13.4 Å². The van der Waals surface area contributed by atoms with Crippen LogP contribution in [0.2, 0.25) is 0 Å². The van der Waals surface area contributed by atoms with Crippen molar-refractivity contribution >= 4 is 21.4 Å². The van der Waals surface area contributed by atoms with Crippen molar-refractivity contribution in [1.29, 1.82) is 0 Å². The molecule has 0 spiro atoms. The van der Waals surface area contributed by atoms with Crippen LogP contribution in [0.25, 0.3) is 0 Å². The van der Waals surface area contributed by atoms with E-state index in [2.05, 4.69) is 8.83 Å². The number of rotatable bonds is 6. The maximum atomic E-state index is 12.2. The Labute approximate surface area is 161 Å². The summed E-state index contributed by atoms with van der Waals surface area (Å²) in [5.74, 6) is -0.440. The minimum atomic E-state index is -5.18. The summed E-state index contributed by atoms with van der Waals surface area (Å²) >= 11 is 0. The quantitative estimate of drug-likeness (QED) is 0.350. The molecule has 0 aliphatic heterocycles. The number of carbonyl (C=O) groups is 1. The van der Waals surface area contributed by atoms with E-state index in [1.54, 1.807) is 30.3 Å². The van der Waals surface area contributed by atoms with E-state index in [0.29, 0.717) is 11.1 Å². The third kappa shape index (κ3) is 6.61. The number of phosphoric acid groups is 2. The summed E-state index contributed by atoms with van der Waals surface area (Å²) in [7, 11) is -10.2. The zero-order chi connectivity index (χ0) is 17.1. The molecule has 8 nitrogen and oxygen atoms in total. The third-order valence-corrected chi connectivity index (χ3v) is 4.70. The first-order valence-electron chi connectivity index (χ1n) is 6.15. The van der Waals surface area contributed by atoms with Crippen molar-refractivity contribution in [2.75, 3.05) is 0 Å². The van der Waals surface area contributed by atoms with Gasteiger partial charge in [-0.15, -0.1) is 0 Å². The molecule has 0 aromatic heterocycles.